The summed E-state index contributed by atoms with van der Waals surface area (Å²) in [5, 5.41) is 5.53. The maximum Gasteiger partial charge on any atom is 0.255 e. The first-order chi connectivity index (χ1) is 16.2. The Labute approximate surface area is 197 Å². The van der Waals surface area contributed by atoms with Gasteiger partial charge in [-0.3, -0.25) is 9.59 Å². The van der Waals surface area contributed by atoms with E-state index in [0.717, 1.165) is 17.9 Å². The van der Waals surface area contributed by atoms with Gasteiger partial charge >= 0.3 is 0 Å². The number of hydrogen-bond donors (Lipinski definition) is 2. The molecule has 0 bridgehead atoms. The lowest BCUT2D eigenvalue weighted by Gasteiger charge is -2.10. The van der Waals surface area contributed by atoms with Crippen molar-refractivity contribution in [3.63, 3.8) is 0 Å². The van der Waals surface area contributed by atoms with Crippen LogP contribution in [0.1, 0.15) is 28.8 Å². The van der Waals surface area contributed by atoms with Gasteiger partial charge in [0.15, 0.2) is 9.84 Å². The Morgan fingerprint density at radius 2 is 1.71 bits per heavy atom. The summed E-state index contributed by atoms with van der Waals surface area (Å²) in [4.78, 5) is 24.6. The first kappa shape index (κ1) is 24.9. The van der Waals surface area contributed by atoms with E-state index in [-0.39, 0.29) is 29.3 Å². The van der Waals surface area contributed by atoms with Crippen molar-refractivity contribution in [3.05, 3.63) is 89.7 Å². The third-order valence-corrected chi connectivity index (χ3v) is 5.96. The van der Waals surface area contributed by atoms with Crippen molar-refractivity contribution in [2.75, 3.05) is 18.2 Å². The van der Waals surface area contributed by atoms with E-state index in [1.165, 1.54) is 30.3 Å². The highest BCUT2D eigenvalue weighted by atomic mass is 32.2. The van der Waals surface area contributed by atoms with Crippen molar-refractivity contribution < 1.29 is 27.1 Å². The van der Waals surface area contributed by atoms with Gasteiger partial charge in [-0.05, 0) is 66.6 Å². The number of carbonyl (C=O) groups is 2. The first-order valence-electron chi connectivity index (χ1n) is 10.6. The van der Waals surface area contributed by atoms with Crippen molar-refractivity contribution in [2.24, 2.45) is 0 Å². The summed E-state index contributed by atoms with van der Waals surface area (Å²) in [6, 6.07) is 18.6. The highest BCUT2D eigenvalue weighted by Crippen LogP contribution is 2.16. The van der Waals surface area contributed by atoms with Crippen molar-refractivity contribution in [2.45, 2.75) is 24.3 Å². The lowest BCUT2D eigenvalue weighted by atomic mass is 10.1. The smallest absolute Gasteiger partial charge is 0.255 e. The van der Waals surface area contributed by atoms with E-state index in [1.807, 2.05) is 6.07 Å². The molecule has 0 aliphatic heterocycles. The molecule has 0 spiro atoms. The van der Waals surface area contributed by atoms with E-state index in [0.29, 0.717) is 24.5 Å². The van der Waals surface area contributed by atoms with Gasteiger partial charge < -0.3 is 15.4 Å². The maximum absolute atomic E-state index is 13.3. The predicted molar refractivity (Wildman–Crippen MR) is 127 cm³/mol. The Bertz CT molecular complexity index is 1260. The molecular weight excluding hydrogens is 459 g/mol. The van der Waals surface area contributed by atoms with Crippen molar-refractivity contribution in [1.29, 1.82) is 0 Å². The first-order valence-corrected chi connectivity index (χ1v) is 12.5. The van der Waals surface area contributed by atoms with Gasteiger partial charge in [0, 0.05) is 30.5 Å². The second-order valence-electron chi connectivity index (χ2n) is 7.64. The quantitative estimate of drug-likeness (QED) is 0.424. The number of hydrogen-bond acceptors (Lipinski definition) is 5. The van der Waals surface area contributed by atoms with Crippen LogP contribution in [0.4, 0.5) is 10.1 Å². The fourth-order valence-electron chi connectivity index (χ4n) is 3.09. The summed E-state index contributed by atoms with van der Waals surface area (Å²) in [6.07, 6.45) is 1.89. The van der Waals surface area contributed by atoms with Crippen molar-refractivity contribution in [1.82, 2.24) is 5.32 Å². The van der Waals surface area contributed by atoms with Crippen LogP contribution in [-0.4, -0.2) is 33.1 Å². The molecule has 0 saturated carbocycles. The Morgan fingerprint density at radius 1 is 0.971 bits per heavy atom. The summed E-state index contributed by atoms with van der Waals surface area (Å²) in [5.74, 6) is -0.527. The number of sulfone groups is 1. The Hall–Kier alpha value is -3.72. The van der Waals surface area contributed by atoms with Gasteiger partial charge in [0.1, 0.15) is 11.6 Å². The largest absolute Gasteiger partial charge is 0.494 e. The van der Waals surface area contributed by atoms with E-state index in [1.54, 1.807) is 30.3 Å². The van der Waals surface area contributed by atoms with E-state index in [9.17, 15) is 22.4 Å². The van der Waals surface area contributed by atoms with Gasteiger partial charge in [-0.1, -0.05) is 18.2 Å². The van der Waals surface area contributed by atoms with Crippen molar-refractivity contribution in [3.8, 4) is 5.75 Å². The number of ether oxygens (including phenoxy) is 1. The molecule has 0 saturated heterocycles. The zero-order valence-corrected chi connectivity index (χ0v) is 19.4. The molecule has 178 valence electrons. The number of carbonyl (C=O) groups excluding carboxylic acids is 2. The molecule has 0 unspecified atom stereocenters. The number of halogens is 1. The fraction of sp³-hybridized carbons (Fsp3) is 0.200. The summed E-state index contributed by atoms with van der Waals surface area (Å²) < 4.78 is 41.8. The second kappa shape index (κ2) is 11.4. The zero-order valence-electron chi connectivity index (χ0n) is 18.6. The zero-order chi connectivity index (χ0) is 24.6. The third-order valence-electron chi connectivity index (χ3n) is 4.83. The van der Waals surface area contributed by atoms with Gasteiger partial charge in [0.25, 0.3) is 5.91 Å². The summed E-state index contributed by atoms with van der Waals surface area (Å²) in [7, 11) is -3.25. The molecule has 0 aliphatic rings. The van der Waals surface area contributed by atoms with Crippen LogP contribution >= 0.6 is 0 Å². The molecule has 0 atom stereocenters. The molecule has 3 aromatic carbocycles. The van der Waals surface area contributed by atoms with Gasteiger partial charge in [0.2, 0.25) is 5.91 Å². The van der Waals surface area contributed by atoms with Crippen LogP contribution < -0.4 is 15.4 Å². The minimum absolute atomic E-state index is 0.148. The monoisotopic (exact) mass is 484 g/mol. The van der Waals surface area contributed by atoms with E-state index < -0.39 is 21.6 Å². The number of amides is 2. The Kier molecular flexibility index (Phi) is 8.37. The van der Waals surface area contributed by atoms with Gasteiger partial charge in [-0.2, -0.15) is 0 Å². The summed E-state index contributed by atoms with van der Waals surface area (Å²) in [6.45, 7) is 0.601. The molecule has 2 amide bonds. The van der Waals surface area contributed by atoms with E-state index in [2.05, 4.69) is 10.6 Å². The molecule has 34 heavy (non-hydrogen) atoms. The highest BCUT2D eigenvalue weighted by molar-refractivity contribution is 7.90. The molecule has 0 aliphatic carbocycles. The fourth-order valence-corrected chi connectivity index (χ4v) is 3.72. The normalized spacial score (nSPS) is 11.0. The molecular formula is C25H25FN2O5S. The van der Waals surface area contributed by atoms with Crippen LogP contribution in [0, 0.1) is 5.82 Å². The van der Waals surface area contributed by atoms with Crippen molar-refractivity contribution >= 4 is 27.3 Å². The molecule has 0 fully saturated rings. The van der Waals surface area contributed by atoms with Crippen LogP contribution in [0.25, 0.3) is 0 Å². The molecule has 9 heteroatoms. The number of anilines is 1. The topological polar surface area (TPSA) is 102 Å². The standard InChI is InChI=1S/C25H25FN2O5S/c1-34(31,32)23-12-10-22(11-13-23)33-14-4-9-24(29)27-17-18-5-2-8-21(15-18)28-25(30)19-6-3-7-20(26)16-19/h2-3,5-8,10-13,15-16H,4,9,14,17H2,1H3,(H,27,29)(H,28,30). The average molecular weight is 485 g/mol. The molecule has 3 aromatic rings. The number of benzene rings is 3. The molecule has 7 nitrogen and oxygen atoms in total. The lowest BCUT2D eigenvalue weighted by Crippen LogP contribution is -2.23. The molecule has 2 N–H and O–H groups in total. The average Bonchev–Trinajstić information content (AvgIpc) is 2.80. The minimum Gasteiger partial charge on any atom is -0.494 e. The minimum atomic E-state index is -3.25. The van der Waals surface area contributed by atoms with Crippen LogP contribution in [0.15, 0.2) is 77.7 Å². The summed E-state index contributed by atoms with van der Waals surface area (Å²) in [5.41, 5.74) is 1.55. The number of nitrogens with one attached hydrogen (secondary N) is 2. The lowest BCUT2D eigenvalue weighted by molar-refractivity contribution is -0.121. The van der Waals surface area contributed by atoms with Crippen LogP contribution in [0.2, 0.25) is 0 Å². The van der Waals surface area contributed by atoms with Gasteiger partial charge in [0.05, 0.1) is 11.5 Å². The molecule has 0 heterocycles. The highest BCUT2D eigenvalue weighted by Gasteiger charge is 2.09. The Morgan fingerprint density at radius 3 is 2.41 bits per heavy atom. The SMILES string of the molecule is CS(=O)(=O)c1ccc(OCCCC(=O)NCc2cccc(NC(=O)c3cccc(F)c3)c2)cc1. The van der Waals surface area contributed by atoms with Crippen LogP contribution in [0.3, 0.4) is 0 Å². The van der Waals surface area contributed by atoms with Gasteiger partial charge in [-0.15, -0.1) is 0 Å². The third kappa shape index (κ3) is 7.70. The predicted octanol–water partition coefficient (Wildman–Crippen LogP) is 3.96. The maximum atomic E-state index is 13.3. The Balaban J connectivity index is 1.40. The van der Waals surface area contributed by atoms with Gasteiger partial charge in [-0.25, -0.2) is 12.8 Å². The summed E-state index contributed by atoms with van der Waals surface area (Å²) >= 11 is 0. The molecule has 0 radical (unpaired) electrons. The van der Waals surface area contributed by atoms with Crippen LogP contribution in [-0.2, 0) is 21.2 Å². The molecule has 0 aromatic heterocycles. The van der Waals surface area contributed by atoms with Crippen LogP contribution in [0.5, 0.6) is 5.75 Å². The molecule has 3 rings (SSSR count). The van der Waals surface area contributed by atoms with E-state index in [4.69, 9.17) is 4.74 Å². The number of rotatable bonds is 10. The van der Waals surface area contributed by atoms with E-state index >= 15 is 0 Å². The second-order valence-corrected chi connectivity index (χ2v) is 9.65.